The molecule has 0 amide bonds. The summed E-state index contributed by atoms with van der Waals surface area (Å²) >= 11 is 0. The fraction of sp³-hybridized carbons (Fsp3) is 0.105. The standard InChI is InChI=1S/C19H12FN3O4/c20-14-9-22-7-6-10(14)11-2-1-3-12-13(8-21)19(27)18(23-17(11)12)15(24)4-5-16(25)26/h1-3,6-7,9,27H,4-5H2,(H,25,26). The smallest absolute Gasteiger partial charge is 0.303 e. The number of benzene rings is 1. The minimum absolute atomic E-state index is 0.149. The summed E-state index contributed by atoms with van der Waals surface area (Å²) in [5.41, 5.74) is 0.0330. The molecule has 27 heavy (non-hydrogen) atoms. The van der Waals surface area contributed by atoms with Gasteiger partial charge in [-0.25, -0.2) is 9.37 Å². The summed E-state index contributed by atoms with van der Waals surface area (Å²) in [6.45, 7) is 0. The number of fused-ring (bicyclic) bond motifs is 1. The Bertz CT molecular complexity index is 1120. The number of hydrogen-bond acceptors (Lipinski definition) is 6. The van der Waals surface area contributed by atoms with Crippen LogP contribution in [0.25, 0.3) is 22.0 Å². The summed E-state index contributed by atoms with van der Waals surface area (Å²) in [6, 6.07) is 7.92. The molecule has 3 rings (SSSR count). The Kier molecular flexibility index (Phi) is 4.77. The Hall–Kier alpha value is -3.86. The number of carbonyl (C=O) groups excluding carboxylic acids is 1. The maximum atomic E-state index is 14.2. The number of aromatic hydroxyl groups is 1. The van der Waals surface area contributed by atoms with Crippen molar-refractivity contribution in [1.82, 2.24) is 9.97 Å². The molecule has 0 unspecified atom stereocenters. The number of carboxylic acid groups (broad SMARTS) is 1. The van der Waals surface area contributed by atoms with Crippen LogP contribution >= 0.6 is 0 Å². The van der Waals surface area contributed by atoms with Crippen molar-refractivity contribution in [1.29, 1.82) is 5.26 Å². The summed E-state index contributed by atoms with van der Waals surface area (Å²) in [6.07, 6.45) is 1.58. The average Bonchev–Trinajstić information content (AvgIpc) is 2.65. The first-order valence-electron chi connectivity index (χ1n) is 7.84. The third-order valence-corrected chi connectivity index (χ3v) is 3.99. The molecule has 0 radical (unpaired) electrons. The molecule has 8 heteroatoms. The second-order valence-electron chi connectivity index (χ2n) is 5.67. The van der Waals surface area contributed by atoms with Crippen molar-refractivity contribution in [3.63, 3.8) is 0 Å². The van der Waals surface area contributed by atoms with Crippen LogP contribution in [0.15, 0.2) is 36.7 Å². The number of Topliss-reactive ketones (excluding diaryl/α,β-unsaturated/α-hetero) is 1. The van der Waals surface area contributed by atoms with Crippen molar-refractivity contribution in [2.24, 2.45) is 0 Å². The maximum Gasteiger partial charge on any atom is 0.303 e. The van der Waals surface area contributed by atoms with Gasteiger partial charge in [0.1, 0.15) is 23.1 Å². The second kappa shape index (κ2) is 7.17. The van der Waals surface area contributed by atoms with E-state index in [1.54, 1.807) is 12.1 Å². The number of carbonyl (C=O) groups is 2. The third kappa shape index (κ3) is 3.30. The number of ketones is 1. The molecule has 2 aromatic heterocycles. The van der Waals surface area contributed by atoms with Crippen LogP contribution in [-0.2, 0) is 4.79 Å². The van der Waals surface area contributed by atoms with Crippen LogP contribution in [0.4, 0.5) is 4.39 Å². The fourth-order valence-electron chi connectivity index (χ4n) is 2.73. The van der Waals surface area contributed by atoms with Gasteiger partial charge in [-0.2, -0.15) is 5.26 Å². The largest absolute Gasteiger partial charge is 0.504 e. The molecule has 0 saturated carbocycles. The predicted octanol–water partition coefficient (Wildman–Crippen LogP) is 3.06. The van der Waals surface area contributed by atoms with Gasteiger partial charge in [-0.1, -0.05) is 18.2 Å². The van der Waals surface area contributed by atoms with Crippen LogP contribution in [0.2, 0.25) is 0 Å². The number of pyridine rings is 2. The number of aliphatic carboxylic acids is 1. The van der Waals surface area contributed by atoms with E-state index in [1.807, 2.05) is 6.07 Å². The molecule has 1 aromatic carbocycles. The summed E-state index contributed by atoms with van der Waals surface area (Å²) < 4.78 is 14.2. The first-order chi connectivity index (χ1) is 12.9. The summed E-state index contributed by atoms with van der Waals surface area (Å²) in [7, 11) is 0. The number of carboxylic acids is 1. The molecule has 0 fully saturated rings. The molecule has 0 atom stereocenters. The van der Waals surface area contributed by atoms with E-state index >= 15 is 0 Å². The third-order valence-electron chi connectivity index (χ3n) is 3.99. The lowest BCUT2D eigenvalue weighted by Crippen LogP contribution is -2.08. The number of rotatable bonds is 5. The van der Waals surface area contributed by atoms with E-state index < -0.39 is 41.9 Å². The van der Waals surface area contributed by atoms with Crippen molar-refractivity contribution < 1.29 is 24.2 Å². The van der Waals surface area contributed by atoms with Crippen LogP contribution in [0.3, 0.4) is 0 Å². The molecular formula is C19H12FN3O4. The van der Waals surface area contributed by atoms with Crippen molar-refractivity contribution in [3.05, 3.63) is 53.7 Å². The van der Waals surface area contributed by atoms with Gasteiger partial charge in [0.25, 0.3) is 0 Å². The van der Waals surface area contributed by atoms with Gasteiger partial charge in [-0.15, -0.1) is 0 Å². The second-order valence-corrected chi connectivity index (χ2v) is 5.67. The Morgan fingerprint density at radius 1 is 1.19 bits per heavy atom. The molecule has 7 nitrogen and oxygen atoms in total. The van der Waals surface area contributed by atoms with E-state index in [1.165, 1.54) is 18.3 Å². The number of hydrogen-bond donors (Lipinski definition) is 2. The Balaban J connectivity index is 2.28. The Labute approximate surface area is 152 Å². The molecule has 134 valence electrons. The van der Waals surface area contributed by atoms with Crippen LogP contribution in [0.1, 0.15) is 28.9 Å². The van der Waals surface area contributed by atoms with E-state index in [9.17, 15) is 24.3 Å². The normalized spacial score (nSPS) is 10.5. The van der Waals surface area contributed by atoms with Gasteiger partial charge >= 0.3 is 5.97 Å². The monoisotopic (exact) mass is 365 g/mol. The van der Waals surface area contributed by atoms with Crippen LogP contribution in [-0.4, -0.2) is 31.9 Å². The van der Waals surface area contributed by atoms with Gasteiger partial charge in [0.2, 0.25) is 0 Å². The van der Waals surface area contributed by atoms with Gasteiger partial charge in [-0.3, -0.25) is 14.6 Å². The van der Waals surface area contributed by atoms with Crippen LogP contribution < -0.4 is 0 Å². The first kappa shape index (κ1) is 17.9. The highest BCUT2D eigenvalue weighted by molar-refractivity contribution is 6.05. The van der Waals surface area contributed by atoms with Crippen LogP contribution in [0, 0.1) is 17.1 Å². The summed E-state index contributed by atoms with van der Waals surface area (Å²) in [5.74, 6) is -3.13. The number of halogens is 1. The molecule has 0 aliphatic carbocycles. The molecule has 0 aliphatic heterocycles. The Morgan fingerprint density at radius 2 is 1.96 bits per heavy atom. The average molecular weight is 365 g/mol. The number of aromatic nitrogens is 2. The van der Waals surface area contributed by atoms with Gasteiger partial charge in [0.15, 0.2) is 11.5 Å². The minimum atomic E-state index is -1.18. The lowest BCUT2D eigenvalue weighted by atomic mass is 9.98. The first-order valence-corrected chi connectivity index (χ1v) is 7.84. The van der Waals surface area contributed by atoms with Gasteiger partial charge in [0, 0.05) is 29.1 Å². The highest BCUT2D eigenvalue weighted by Crippen LogP contribution is 2.35. The quantitative estimate of drug-likeness (QED) is 0.666. The lowest BCUT2D eigenvalue weighted by molar-refractivity contribution is -0.136. The lowest BCUT2D eigenvalue weighted by Gasteiger charge is -2.11. The van der Waals surface area contributed by atoms with Gasteiger partial charge in [-0.05, 0) is 6.07 Å². The molecule has 0 aliphatic rings. The molecule has 2 heterocycles. The zero-order chi connectivity index (χ0) is 19.6. The summed E-state index contributed by atoms with van der Waals surface area (Å²) in [5, 5.41) is 28.7. The Morgan fingerprint density at radius 3 is 2.63 bits per heavy atom. The van der Waals surface area contributed by atoms with E-state index in [0.717, 1.165) is 6.20 Å². The molecule has 2 N–H and O–H groups in total. The van der Waals surface area contributed by atoms with Gasteiger partial charge in [0.05, 0.1) is 18.1 Å². The van der Waals surface area contributed by atoms with E-state index in [4.69, 9.17) is 5.11 Å². The van der Waals surface area contributed by atoms with Crippen molar-refractivity contribution in [2.75, 3.05) is 0 Å². The highest BCUT2D eigenvalue weighted by Gasteiger charge is 2.22. The van der Waals surface area contributed by atoms with E-state index in [2.05, 4.69) is 9.97 Å². The SMILES string of the molecule is N#Cc1c(O)c(C(=O)CCC(=O)O)nc2c(-c3ccncc3F)cccc12. The summed E-state index contributed by atoms with van der Waals surface area (Å²) in [4.78, 5) is 30.8. The van der Waals surface area contributed by atoms with Crippen molar-refractivity contribution >= 4 is 22.7 Å². The van der Waals surface area contributed by atoms with Crippen molar-refractivity contribution in [3.8, 4) is 22.9 Å². The number of nitrogens with zero attached hydrogens (tertiary/aromatic N) is 3. The zero-order valence-electron chi connectivity index (χ0n) is 13.8. The minimum Gasteiger partial charge on any atom is -0.504 e. The van der Waals surface area contributed by atoms with Crippen molar-refractivity contribution in [2.45, 2.75) is 12.8 Å². The molecular weight excluding hydrogens is 353 g/mol. The highest BCUT2D eigenvalue weighted by atomic mass is 19.1. The number of nitriles is 1. The zero-order valence-corrected chi connectivity index (χ0v) is 13.8. The molecule has 0 spiro atoms. The molecule has 0 saturated heterocycles. The predicted molar refractivity (Wildman–Crippen MR) is 92.5 cm³/mol. The molecule has 3 aromatic rings. The van der Waals surface area contributed by atoms with E-state index in [-0.39, 0.29) is 22.0 Å². The van der Waals surface area contributed by atoms with Crippen LogP contribution in [0.5, 0.6) is 5.75 Å². The topological polar surface area (TPSA) is 124 Å². The number of para-hydroxylation sites is 1. The van der Waals surface area contributed by atoms with Gasteiger partial charge < -0.3 is 10.2 Å². The molecule has 0 bridgehead atoms. The van der Waals surface area contributed by atoms with E-state index in [0.29, 0.717) is 5.56 Å². The fourth-order valence-corrected chi connectivity index (χ4v) is 2.73. The maximum absolute atomic E-state index is 14.2.